The summed E-state index contributed by atoms with van der Waals surface area (Å²) in [5.41, 5.74) is 2.97. The van der Waals surface area contributed by atoms with E-state index in [1.807, 2.05) is 36.4 Å². The second kappa shape index (κ2) is 7.89. The van der Waals surface area contributed by atoms with E-state index in [0.717, 1.165) is 29.7 Å². The molecule has 1 aromatic heterocycles. The second-order valence-corrected chi connectivity index (χ2v) is 8.55. The first-order valence-corrected chi connectivity index (χ1v) is 10.8. The third kappa shape index (κ3) is 3.45. The van der Waals surface area contributed by atoms with Crippen molar-refractivity contribution in [3.8, 4) is 17.6 Å². The number of nitrogens with zero attached hydrogens (tertiary/aromatic N) is 1. The molecule has 0 unspecified atom stereocenters. The van der Waals surface area contributed by atoms with E-state index in [-0.39, 0.29) is 0 Å². The number of ether oxygens (including phenoxy) is 2. The Kier molecular flexibility index (Phi) is 4.92. The normalized spacial score (nSPS) is 13.9. The van der Waals surface area contributed by atoms with Gasteiger partial charge in [0.1, 0.15) is 28.5 Å². The van der Waals surface area contributed by atoms with Crippen LogP contribution in [-0.4, -0.2) is 18.5 Å². The van der Waals surface area contributed by atoms with Crippen molar-refractivity contribution in [3.63, 3.8) is 0 Å². The number of hydrogen-bond donors (Lipinski definition) is 1. The molecule has 2 aromatic carbocycles. The van der Waals surface area contributed by atoms with Gasteiger partial charge in [0.15, 0.2) is 6.61 Å². The van der Waals surface area contributed by atoms with Gasteiger partial charge in [0, 0.05) is 16.0 Å². The molecule has 1 aliphatic heterocycles. The van der Waals surface area contributed by atoms with Crippen molar-refractivity contribution in [2.24, 2.45) is 0 Å². The number of esters is 1. The van der Waals surface area contributed by atoms with E-state index in [1.54, 1.807) is 12.1 Å². The van der Waals surface area contributed by atoms with Gasteiger partial charge in [-0.1, -0.05) is 36.4 Å². The molecule has 2 heterocycles. The van der Waals surface area contributed by atoms with E-state index in [9.17, 15) is 14.9 Å². The number of nitrogens with one attached hydrogen (secondary N) is 1. The van der Waals surface area contributed by atoms with Crippen LogP contribution in [0.5, 0.6) is 11.5 Å². The van der Waals surface area contributed by atoms with Crippen LogP contribution in [0.25, 0.3) is 0 Å². The molecule has 1 N–H and O–H groups in total. The largest absolute Gasteiger partial charge is 0.457 e. The van der Waals surface area contributed by atoms with Crippen LogP contribution in [0.15, 0.2) is 48.5 Å². The lowest BCUT2D eigenvalue weighted by Gasteiger charge is -2.26. The molecule has 0 saturated carbocycles. The van der Waals surface area contributed by atoms with Crippen LogP contribution >= 0.6 is 11.3 Å². The van der Waals surface area contributed by atoms with Gasteiger partial charge in [0.25, 0.3) is 5.91 Å². The van der Waals surface area contributed by atoms with Crippen molar-refractivity contribution < 1.29 is 19.1 Å². The molecule has 154 valence electrons. The van der Waals surface area contributed by atoms with Crippen molar-refractivity contribution in [1.29, 1.82) is 5.26 Å². The predicted octanol–water partition coefficient (Wildman–Crippen LogP) is 4.53. The van der Waals surface area contributed by atoms with Crippen LogP contribution in [0, 0.1) is 11.3 Å². The molecule has 7 heteroatoms. The summed E-state index contributed by atoms with van der Waals surface area (Å²) in [5.74, 6) is -0.459. The molecular weight excluding hydrogens is 412 g/mol. The van der Waals surface area contributed by atoms with Gasteiger partial charge in [-0.25, -0.2) is 0 Å². The quantitative estimate of drug-likeness (QED) is 0.615. The minimum atomic E-state index is -0.672. The zero-order valence-electron chi connectivity index (χ0n) is 16.5. The molecule has 0 radical (unpaired) electrons. The first-order chi connectivity index (χ1) is 15.2. The smallest absolute Gasteiger partial charge is 0.318 e. The molecule has 0 fully saturated rings. The van der Waals surface area contributed by atoms with Crippen LogP contribution in [0.1, 0.15) is 39.5 Å². The van der Waals surface area contributed by atoms with Crippen LogP contribution in [0.3, 0.4) is 0 Å². The summed E-state index contributed by atoms with van der Waals surface area (Å²) in [6, 6.07) is 16.8. The molecule has 1 aliphatic carbocycles. The SMILES string of the molecule is N#Cc1c(NC(=O)COC(=O)C2c3ccccc3Oc3ccccc32)sc2c1CCC2. The number of benzene rings is 2. The number of fused-ring (bicyclic) bond motifs is 3. The Labute approximate surface area is 183 Å². The Morgan fingerprint density at radius 1 is 1.10 bits per heavy atom. The maximum Gasteiger partial charge on any atom is 0.318 e. The molecule has 3 aromatic rings. The fourth-order valence-electron chi connectivity index (χ4n) is 4.16. The zero-order valence-corrected chi connectivity index (χ0v) is 17.3. The molecule has 0 bridgehead atoms. The van der Waals surface area contributed by atoms with Crippen molar-refractivity contribution >= 4 is 28.2 Å². The molecule has 31 heavy (non-hydrogen) atoms. The van der Waals surface area contributed by atoms with Gasteiger partial charge in [-0.05, 0) is 37.0 Å². The second-order valence-electron chi connectivity index (χ2n) is 7.44. The molecule has 0 saturated heterocycles. The number of hydrogen-bond acceptors (Lipinski definition) is 6. The number of carbonyl (C=O) groups excluding carboxylic acids is 2. The van der Waals surface area contributed by atoms with E-state index >= 15 is 0 Å². The lowest BCUT2D eigenvalue weighted by atomic mass is 9.88. The molecule has 6 nitrogen and oxygen atoms in total. The summed E-state index contributed by atoms with van der Waals surface area (Å²) in [7, 11) is 0. The van der Waals surface area contributed by atoms with E-state index in [1.165, 1.54) is 11.3 Å². The number of nitriles is 1. The topological polar surface area (TPSA) is 88.4 Å². The summed E-state index contributed by atoms with van der Waals surface area (Å²) in [4.78, 5) is 26.6. The van der Waals surface area contributed by atoms with Gasteiger partial charge in [-0.3, -0.25) is 9.59 Å². The summed E-state index contributed by atoms with van der Waals surface area (Å²) in [5, 5.41) is 12.7. The minimum Gasteiger partial charge on any atom is -0.457 e. The Balaban J connectivity index is 1.32. The first-order valence-electron chi connectivity index (χ1n) is 10.0. The van der Waals surface area contributed by atoms with E-state index in [2.05, 4.69) is 11.4 Å². The van der Waals surface area contributed by atoms with Crippen molar-refractivity contribution in [1.82, 2.24) is 0 Å². The van der Waals surface area contributed by atoms with Gasteiger partial charge in [0.05, 0.1) is 5.56 Å². The van der Waals surface area contributed by atoms with Crippen molar-refractivity contribution in [2.75, 3.05) is 11.9 Å². The lowest BCUT2D eigenvalue weighted by molar-refractivity contribution is -0.148. The predicted molar refractivity (Wildman–Crippen MR) is 115 cm³/mol. The van der Waals surface area contributed by atoms with E-state index in [0.29, 0.717) is 33.2 Å². The van der Waals surface area contributed by atoms with Gasteiger partial charge in [0.2, 0.25) is 0 Å². The average Bonchev–Trinajstić information content (AvgIpc) is 3.36. The van der Waals surface area contributed by atoms with Crippen LogP contribution in [-0.2, 0) is 27.2 Å². The number of amides is 1. The molecule has 2 aliphatic rings. The maximum absolute atomic E-state index is 13.0. The monoisotopic (exact) mass is 430 g/mol. The highest BCUT2D eigenvalue weighted by atomic mass is 32.1. The number of carbonyl (C=O) groups is 2. The van der Waals surface area contributed by atoms with Crippen LogP contribution in [0.4, 0.5) is 5.00 Å². The van der Waals surface area contributed by atoms with Crippen LogP contribution in [0.2, 0.25) is 0 Å². The molecule has 5 rings (SSSR count). The minimum absolute atomic E-state index is 0.423. The molecule has 1 amide bonds. The Morgan fingerprint density at radius 2 is 1.77 bits per heavy atom. The number of para-hydroxylation sites is 2. The number of anilines is 1. The lowest BCUT2D eigenvalue weighted by Crippen LogP contribution is -2.26. The van der Waals surface area contributed by atoms with Gasteiger partial charge < -0.3 is 14.8 Å². The average molecular weight is 430 g/mol. The van der Waals surface area contributed by atoms with Gasteiger partial charge in [-0.2, -0.15) is 5.26 Å². The number of aryl methyl sites for hydroxylation is 1. The Bertz CT molecular complexity index is 1200. The Hall–Kier alpha value is -3.63. The Morgan fingerprint density at radius 3 is 2.45 bits per heavy atom. The molecule has 0 atom stereocenters. The van der Waals surface area contributed by atoms with Crippen molar-refractivity contribution in [2.45, 2.75) is 25.2 Å². The first kappa shape index (κ1) is 19.3. The standard InChI is InChI=1S/C24H18N2O4S/c25-12-17-14-8-5-11-20(14)31-23(17)26-21(27)13-29-24(28)22-15-6-1-3-9-18(15)30-19-10-4-2-7-16(19)22/h1-4,6-7,9-10,22H,5,8,11,13H2,(H,26,27). The fourth-order valence-corrected chi connectivity index (χ4v) is 5.41. The number of rotatable bonds is 4. The van der Waals surface area contributed by atoms with E-state index in [4.69, 9.17) is 9.47 Å². The third-order valence-electron chi connectivity index (χ3n) is 5.55. The molecular formula is C24H18N2O4S. The highest BCUT2D eigenvalue weighted by molar-refractivity contribution is 7.16. The summed E-state index contributed by atoms with van der Waals surface area (Å²) >= 11 is 1.43. The number of thiophene rings is 1. The zero-order chi connectivity index (χ0) is 21.4. The summed E-state index contributed by atoms with van der Waals surface area (Å²) in [6.45, 7) is -0.423. The molecule has 0 spiro atoms. The third-order valence-corrected chi connectivity index (χ3v) is 6.75. The summed E-state index contributed by atoms with van der Waals surface area (Å²) in [6.07, 6.45) is 2.83. The summed E-state index contributed by atoms with van der Waals surface area (Å²) < 4.78 is 11.3. The van der Waals surface area contributed by atoms with E-state index < -0.39 is 24.4 Å². The fraction of sp³-hybridized carbons (Fsp3) is 0.208. The highest BCUT2D eigenvalue weighted by Gasteiger charge is 2.34. The maximum atomic E-state index is 13.0. The van der Waals surface area contributed by atoms with Gasteiger partial charge in [-0.15, -0.1) is 11.3 Å². The van der Waals surface area contributed by atoms with Crippen LogP contribution < -0.4 is 10.1 Å². The van der Waals surface area contributed by atoms with Gasteiger partial charge >= 0.3 is 5.97 Å². The highest BCUT2D eigenvalue weighted by Crippen LogP contribution is 2.44. The van der Waals surface area contributed by atoms with Crippen molar-refractivity contribution in [3.05, 3.63) is 75.7 Å².